The Morgan fingerprint density at radius 3 is 2.39 bits per heavy atom. The highest BCUT2D eigenvalue weighted by atomic mass is 16.1. The van der Waals surface area contributed by atoms with Crippen molar-refractivity contribution in [2.75, 3.05) is 13.1 Å². The van der Waals surface area contributed by atoms with E-state index in [9.17, 15) is 4.79 Å². The first-order valence-corrected chi connectivity index (χ1v) is 6.93. The second kappa shape index (κ2) is 5.22. The number of rotatable bonds is 5. The summed E-state index contributed by atoms with van der Waals surface area (Å²) >= 11 is 0. The Morgan fingerprint density at radius 2 is 1.94 bits per heavy atom. The average Bonchev–Trinajstić information content (AvgIpc) is 3.02. The van der Waals surface area contributed by atoms with Gasteiger partial charge in [-0.25, -0.2) is 4.98 Å². The van der Waals surface area contributed by atoms with Gasteiger partial charge in [0.15, 0.2) is 5.82 Å². The summed E-state index contributed by atoms with van der Waals surface area (Å²) in [7, 11) is 1.89. The largest absolute Gasteiger partial charge is 0.332 e. The van der Waals surface area contributed by atoms with Crippen molar-refractivity contribution in [2.45, 2.75) is 45.1 Å². The lowest BCUT2D eigenvalue weighted by molar-refractivity contribution is 0.0566. The lowest BCUT2D eigenvalue weighted by Gasteiger charge is -2.39. The fourth-order valence-electron chi connectivity index (χ4n) is 3.10. The minimum absolute atomic E-state index is 0.182. The maximum Gasteiger partial charge on any atom is 0.218 e. The summed E-state index contributed by atoms with van der Waals surface area (Å²) in [6.45, 7) is 6.31. The molecule has 0 atom stereocenters. The number of carbonyl (C=O) groups is 1. The van der Waals surface area contributed by atoms with Gasteiger partial charge < -0.3 is 4.57 Å². The van der Waals surface area contributed by atoms with Crippen molar-refractivity contribution in [3.8, 4) is 0 Å². The van der Waals surface area contributed by atoms with E-state index in [1.807, 2.05) is 17.8 Å². The first kappa shape index (κ1) is 13.3. The highest BCUT2D eigenvalue weighted by Crippen LogP contribution is 2.31. The monoisotopic (exact) mass is 249 g/mol. The fraction of sp³-hybridized carbons (Fsp3) is 0.714. The average molecular weight is 249 g/mol. The van der Waals surface area contributed by atoms with E-state index in [2.05, 4.69) is 23.7 Å². The van der Waals surface area contributed by atoms with E-state index < -0.39 is 0 Å². The molecule has 4 nitrogen and oxygen atoms in total. The van der Waals surface area contributed by atoms with Crippen LogP contribution in [0, 0.1) is 0 Å². The van der Waals surface area contributed by atoms with Crippen LogP contribution in [-0.2, 0) is 7.05 Å². The van der Waals surface area contributed by atoms with Gasteiger partial charge in [-0.15, -0.1) is 0 Å². The third-order valence-corrected chi connectivity index (χ3v) is 4.33. The molecule has 0 saturated carbocycles. The molecule has 0 spiro atoms. The molecular weight excluding hydrogens is 226 g/mol. The third kappa shape index (κ3) is 1.99. The lowest BCUT2D eigenvalue weighted by Crippen LogP contribution is -2.53. The summed E-state index contributed by atoms with van der Waals surface area (Å²) in [5.74, 6) is 0.771. The summed E-state index contributed by atoms with van der Waals surface area (Å²) in [6, 6.07) is 0. The number of hydrogen-bond donors (Lipinski definition) is 0. The minimum atomic E-state index is -0.352. The van der Waals surface area contributed by atoms with E-state index in [1.54, 1.807) is 6.20 Å². The molecule has 0 aromatic carbocycles. The van der Waals surface area contributed by atoms with Crippen molar-refractivity contribution in [1.29, 1.82) is 0 Å². The van der Waals surface area contributed by atoms with Gasteiger partial charge in [-0.1, -0.05) is 13.8 Å². The van der Waals surface area contributed by atoms with Gasteiger partial charge in [-0.3, -0.25) is 9.69 Å². The predicted molar refractivity (Wildman–Crippen MR) is 71.7 cm³/mol. The van der Waals surface area contributed by atoms with Crippen LogP contribution in [-0.4, -0.2) is 38.9 Å². The van der Waals surface area contributed by atoms with Crippen molar-refractivity contribution in [3.63, 3.8) is 0 Å². The Balaban J connectivity index is 2.35. The number of nitrogens with zero attached hydrogens (tertiary/aromatic N) is 3. The number of likely N-dealkylation sites (tertiary alicyclic amines) is 1. The molecule has 1 aliphatic rings. The van der Waals surface area contributed by atoms with Crippen molar-refractivity contribution in [2.24, 2.45) is 7.05 Å². The van der Waals surface area contributed by atoms with Gasteiger partial charge in [0, 0.05) is 19.4 Å². The van der Waals surface area contributed by atoms with E-state index in [1.165, 1.54) is 12.8 Å². The van der Waals surface area contributed by atoms with Gasteiger partial charge in [0.05, 0.1) is 5.54 Å². The van der Waals surface area contributed by atoms with Crippen LogP contribution in [0.25, 0.3) is 0 Å². The topological polar surface area (TPSA) is 38.1 Å². The molecule has 18 heavy (non-hydrogen) atoms. The zero-order valence-corrected chi connectivity index (χ0v) is 11.6. The number of aromatic nitrogens is 2. The summed E-state index contributed by atoms with van der Waals surface area (Å²) < 4.78 is 1.83. The molecule has 2 rings (SSSR count). The van der Waals surface area contributed by atoms with Gasteiger partial charge in [-0.05, 0) is 38.8 Å². The summed E-state index contributed by atoms with van der Waals surface area (Å²) in [5.41, 5.74) is -0.352. The molecule has 0 amide bonds. The van der Waals surface area contributed by atoms with Gasteiger partial charge in [-0.2, -0.15) is 0 Å². The number of imidazole rings is 1. The van der Waals surface area contributed by atoms with Crippen molar-refractivity contribution >= 4 is 5.78 Å². The Hall–Kier alpha value is -1.16. The lowest BCUT2D eigenvalue weighted by atomic mass is 9.85. The first-order valence-electron chi connectivity index (χ1n) is 6.93. The van der Waals surface area contributed by atoms with Gasteiger partial charge in [0.1, 0.15) is 0 Å². The van der Waals surface area contributed by atoms with Crippen molar-refractivity contribution < 1.29 is 4.79 Å². The predicted octanol–water partition coefficient (Wildman–Crippen LogP) is 2.26. The molecule has 1 fully saturated rings. The number of carbonyl (C=O) groups excluding carboxylic acids is 1. The normalized spacial score (nSPS) is 17.3. The van der Waals surface area contributed by atoms with Crippen LogP contribution >= 0.6 is 0 Å². The molecule has 1 aromatic heterocycles. The molecular formula is C14H23N3O. The number of Topliss-reactive ketones (excluding diaryl/α,β-unsaturated/α-hetero) is 1. The van der Waals surface area contributed by atoms with E-state index in [0.29, 0.717) is 5.82 Å². The first-order chi connectivity index (χ1) is 8.65. The molecule has 0 N–H and O–H groups in total. The Morgan fingerprint density at radius 1 is 1.33 bits per heavy atom. The van der Waals surface area contributed by atoms with E-state index in [0.717, 1.165) is 25.9 Å². The smallest absolute Gasteiger partial charge is 0.218 e. The Kier molecular flexibility index (Phi) is 3.85. The zero-order valence-electron chi connectivity index (χ0n) is 11.6. The molecule has 1 saturated heterocycles. The molecule has 100 valence electrons. The second-order valence-corrected chi connectivity index (χ2v) is 5.12. The van der Waals surface area contributed by atoms with Crippen molar-refractivity contribution in [1.82, 2.24) is 14.5 Å². The molecule has 0 radical (unpaired) electrons. The quantitative estimate of drug-likeness (QED) is 0.751. The molecule has 0 aliphatic carbocycles. The Labute approximate surface area is 109 Å². The molecule has 4 heteroatoms. The molecule has 1 aromatic rings. The van der Waals surface area contributed by atoms with Crippen LogP contribution in [0.1, 0.15) is 50.1 Å². The number of ketones is 1. The van der Waals surface area contributed by atoms with Gasteiger partial charge in [0.2, 0.25) is 5.78 Å². The number of hydrogen-bond acceptors (Lipinski definition) is 3. The van der Waals surface area contributed by atoms with Gasteiger partial charge in [0.25, 0.3) is 0 Å². The third-order valence-electron chi connectivity index (χ3n) is 4.33. The summed E-state index contributed by atoms with van der Waals surface area (Å²) in [6.07, 6.45) is 7.66. The molecule has 0 bridgehead atoms. The molecule has 1 aliphatic heterocycles. The van der Waals surface area contributed by atoms with Crippen molar-refractivity contribution in [3.05, 3.63) is 18.2 Å². The SMILES string of the molecule is CCC(CC)(C(=O)c1nccn1C)N1CCCC1. The zero-order chi connectivity index (χ0) is 13.2. The van der Waals surface area contributed by atoms with Crippen LogP contribution in [0.4, 0.5) is 0 Å². The maximum absolute atomic E-state index is 12.9. The van der Waals surface area contributed by atoms with Crippen LogP contribution in [0.5, 0.6) is 0 Å². The van der Waals surface area contributed by atoms with E-state index in [-0.39, 0.29) is 11.3 Å². The fourth-order valence-corrected chi connectivity index (χ4v) is 3.10. The highest BCUT2D eigenvalue weighted by molar-refractivity contribution is 6.00. The van der Waals surface area contributed by atoms with Crippen LogP contribution in [0.2, 0.25) is 0 Å². The maximum atomic E-state index is 12.9. The Bertz CT molecular complexity index is 414. The standard InChI is InChI=1S/C14H23N3O/c1-4-14(5-2,17-9-6-7-10-17)12(18)13-15-8-11-16(13)3/h8,11H,4-7,9-10H2,1-3H3. The molecule has 2 heterocycles. The second-order valence-electron chi connectivity index (χ2n) is 5.12. The minimum Gasteiger partial charge on any atom is -0.332 e. The summed E-state index contributed by atoms with van der Waals surface area (Å²) in [4.78, 5) is 19.5. The molecule has 0 unspecified atom stereocenters. The van der Waals surface area contributed by atoms with Crippen LogP contribution < -0.4 is 0 Å². The van der Waals surface area contributed by atoms with Crippen LogP contribution in [0.15, 0.2) is 12.4 Å². The highest BCUT2D eigenvalue weighted by Gasteiger charge is 2.43. The number of aryl methyl sites for hydroxylation is 1. The van der Waals surface area contributed by atoms with Crippen LogP contribution in [0.3, 0.4) is 0 Å². The summed E-state index contributed by atoms with van der Waals surface area (Å²) in [5, 5.41) is 0. The van der Waals surface area contributed by atoms with E-state index >= 15 is 0 Å². The van der Waals surface area contributed by atoms with E-state index in [4.69, 9.17) is 0 Å². The van der Waals surface area contributed by atoms with Gasteiger partial charge >= 0.3 is 0 Å².